The number of aromatic nitrogens is 3. The lowest BCUT2D eigenvalue weighted by Crippen LogP contribution is -2.22. The zero-order valence-corrected chi connectivity index (χ0v) is 15.3. The summed E-state index contributed by atoms with van der Waals surface area (Å²) in [5, 5.41) is 4.72. The van der Waals surface area contributed by atoms with Crippen molar-refractivity contribution in [3.8, 4) is 0 Å². The molecule has 1 fully saturated rings. The van der Waals surface area contributed by atoms with Crippen LogP contribution >= 0.6 is 12.2 Å². The van der Waals surface area contributed by atoms with E-state index >= 15 is 0 Å². The Kier molecular flexibility index (Phi) is 4.69. The Morgan fingerprint density at radius 1 is 1.26 bits per heavy atom. The summed E-state index contributed by atoms with van der Waals surface area (Å²) in [4.78, 5) is 2.25. The van der Waals surface area contributed by atoms with Crippen LogP contribution < -0.4 is 0 Å². The first-order valence-electron chi connectivity index (χ1n) is 8.37. The first-order valence-corrected chi connectivity index (χ1v) is 8.77. The average Bonchev–Trinajstić information content (AvgIpc) is 3.31. The van der Waals surface area contributed by atoms with Gasteiger partial charge in [0.1, 0.15) is 5.82 Å². The van der Waals surface area contributed by atoms with Crippen molar-refractivity contribution in [3.63, 3.8) is 0 Å². The zero-order valence-electron chi connectivity index (χ0n) is 14.5. The second-order valence-corrected chi connectivity index (χ2v) is 7.39. The topological polar surface area (TPSA) is 26.0 Å². The number of hydrogen-bond acceptors (Lipinski definition) is 3. The SMILES string of the molecule is CC(C)c1ccc(CN(C)Cn2nc(C3CC3)n(C)c2=S)cc1. The van der Waals surface area contributed by atoms with Gasteiger partial charge in [0, 0.05) is 19.5 Å². The molecule has 0 bridgehead atoms. The fraction of sp³-hybridized carbons (Fsp3) is 0.556. The van der Waals surface area contributed by atoms with Gasteiger partial charge in [0.05, 0.1) is 6.67 Å². The van der Waals surface area contributed by atoms with Gasteiger partial charge < -0.3 is 4.57 Å². The van der Waals surface area contributed by atoms with Crippen molar-refractivity contribution >= 4 is 12.2 Å². The standard InChI is InChI=1S/C18H26N4S/c1-13(2)15-7-5-14(6-8-15)11-20(3)12-22-18(23)21(4)17(19-22)16-9-10-16/h5-8,13,16H,9-12H2,1-4H3. The molecule has 0 radical (unpaired) electrons. The van der Waals surface area contributed by atoms with Crippen LogP contribution in [0.1, 0.15) is 55.5 Å². The van der Waals surface area contributed by atoms with E-state index in [2.05, 4.69) is 54.6 Å². The first-order chi connectivity index (χ1) is 11.0. The Labute approximate surface area is 143 Å². The molecule has 0 amide bonds. The zero-order chi connectivity index (χ0) is 16.6. The normalized spacial score (nSPS) is 14.9. The van der Waals surface area contributed by atoms with Gasteiger partial charge in [-0.05, 0) is 49.2 Å². The Hall–Kier alpha value is -1.46. The summed E-state index contributed by atoms with van der Waals surface area (Å²) in [5.41, 5.74) is 2.71. The Morgan fingerprint density at radius 2 is 1.91 bits per heavy atom. The monoisotopic (exact) mass is 330 g/mol. The van der Waals surface area contributed by atoms with E-state index in [1.807, 2.05) is 11.7 Å². The molecule has 0 atom stereocenters. The molecule has 2 aromatic rings. The molecule has 4 nitrogen and oxygen atoms in total. The van der Waals surface area contributed by atoms with Crippen LogP contribution in [0.25, 0.3) is 0 Å². The molecule has 23 heavy (non-hydrogen) atoms. The van der Waals surface area contributed by atoms with Crippen LogP contribution in [0.15, 0.2) is 24.3 Å². The van der Waals surface area contributed by atoms with Gasteiger partial charge in [-0.15, -0.1) is 0 Å². The molecule has 124 valence electrons. The van der Waals surface area contributed by atoms with Crippen LogP contribution in [0.5, 0.6) is 0 Å². The van der Waals surface area contributed by atoms with Crippen LogP contribution in [0.3, 0.4) is 0 Å². The van der Waals surface area contributed by atoms with E-state index in [-0.39, 0.29) is 0 Å². The smallest absolute Gasteiger partial charge is 0.198 e. The highest BCUT2D eigenvalue weighted by Gasteiger charge is 2.29. The van der Waals surface area contributed by atoms with Crippen LogP contribution in [-0.2, 0) is 20.3 Å². The van der Waals surface area contributed by atoms with Crippen molar-refractivity contribution in [2.75, 3.05) is 7.05 Å². The molecule has 1 aliphatic rings. The maximum atomic E-state index is 5.53. The third-order valence-corrected chi connectivity index (χ3v) is 4.98. The van der Waals surface area contributed by atoms with Gasteiger partial charge >= 0.3 is 0 Å². The Balaban J connectivity index is 1.66. The van der Waals surface area contributed by atoms with E-state index in [0.29, 0.717) is 11.8 Å². The van der Waals surface area contributed by atoms with Crippen molar-refractivity contribution < 1.29 is 0 Å². The molecule has 0 N–H and O–H groups in total. The van der Waals surface area contributed by atoms with Gasteiger partial charge in [0.2, 0.25) is 0 Å². The van der Waals surface area contributed by atoms with Crippen LogP contribution in [-0.4, -0.2) is 26.3 Å². The van der Waals surface area contributed by atoms with Gasteiger partial charge in [-0.25, -0.2) is 4.68 Å². The number of nitrogens with zero attached hydrogens (tertiary/aromatic N) is 4. The summed E-state index contributed by atoms with van der Waals surface area (Å²) in [6.07, 6.45) is 2.50. The summed E-state index contributed by atoms with van der Waals surface area (Å²) < 4.78 is 4.83. The second-order valence-electron chi connectivity index (χ2n) is 7.03. The highest BCUT2D eigenvalue weighted by atomic mass is 32.1. The minimum absolute atomic E-state index is 0.578. The van der Waals surface area contributed by atoms with E-state index in [9.17, 15) is 0 Å². The molecular formula is C18H26N4S. The van der Waals surface area contributed by atoms with Crippen molar-refractivity contribution in [1.29, 1.82) is 0 Å². The molecule has 1 aromatic heterocycles. The minimum atomic E-state index is 0.578. The van der Waals surface area contributed by atoms with Gasteiger partial charge in [0.25, 0.3) is 0 Å². The summed E-state index contributed by atoms with van der Waals surface area (Å²) in [7, 11) is 4.15. The lowest BCUT2D eigenvalue weighted by molar-refractivity contribution is 0.243. The molecule has 0 spiro atoms. The largest absolute Gasteiger partial charge is 0.307 e. The molecule has 3 rings (SSSR count). The van der Waals surface area contributed by atoms with Gasteiger partial charge in [-0.1, -0.05) is 38.1 Å². The van der Waals surface area contributed by atoms with E-state index in [1.54, 1.807) is 0 Å². The minimum Gasteiger partial charge on any atom is -0.307 e. The van der Waals surface area contributed by atoms with Gasteiger partial charge in [0.15, 0.2) is 4.77 Å². The molecule has 0 aliphatic heterocycles. The molecule has 5 heteroatoms. The van der Waals surface area contributed by atoms with E-state index < -0.39 is 0 Å². The fourth-order valence-electron chi connectivity index (χ4n) is 2.89. The number of hydrogen-bond donors (Lipinski definition) is 0. The molecule has 1 aromatic carbocycles. The van der Waals surface area contributed by atoms with Crippen LogP contribution in [0, 0.1) is 4.77 Å². The molecule has 1 heterocycles. The lowest BCUT2D eigenvalue weighted by atomic mass is 10.0. The Morgan fingerprint density at radius 3 is 2.48 bits per heavy atom. The number of benzene rings is 1. The third kappa shape index (κ3) is 3.72. The second kappa shape index (κ2) is 6.57. The molecule has 1 aliphatic carbocycles. The van der Waals surface area contributed by atoms with Crippen molar-refractivity contribution in [1.82, 2.24) is 19.2 Å². The van der Waals surface area contributed by atoms with Crippen molar-refractivity contribution in [2.45, 2.75) is 51.7 Å². The summed E-state index contributed by atoms with van der Waals surface area (Å²) >= 11 is 5.53. The van der Waals surface area contributed by atoms with E-state index in [4.69, 9.17) is 17.3 Å². The highest BCUT2D eigenvalue weighted by Crippen LogP contribution is 2.38. The highest BCUT2D eigenvalue weighted by molar-refractivity contribution is 7.71. The summed E-state index contributed by atoms with van der Waals surface area (Å²) in [6, 6.07) is 8.90. The number of rotatable bonds is 6. The third-order valence-electron chi connectivity index (χ3n) is 4.49. The van der Waals surface area contributed by atoms with Crippen LogP contribution in [0.4, 0.5) is 0 Å². The van der Waals surface area contributed by atoms with E-state index in [0.717, 1.165) is 23.8 Å². The maximum absolute atomic E-state index is 5.53. The van der Waals surface area contributed by atoms with Gasteiger partial charge in [-0.3, -0.25) is 4.90 Å². The van der Waals surface area contributed by atoms with E-state index in [1.165, 1.54) is 24.0 Å². The fourth-order valence-corrected chi connectivity index (χ4v) is 3.08. The maximum Gasteiger partial charge on any atom is 0.198 e. The summed E-state index contributed by atoms with van der Waals surface area (Å²) in [6.45, 7) is 6.07. The predicted molar refractivity (Wildman–Crippen MR) is 96.0 cm³/mol. The molecule has 0 unspecified atom stereocenters. The quantitative estimate of drug-likeness (QED) is 0.748. The lowest BCUT2D eigenvalue weighted by Gasteiger charge is -2.17. The Bertz CT molecular complexity index is 722. The first kappa shape index (κ1) is 16.4. The van der Waals surface area contributed by atoms with Crippen molar-refractivity contribution in [3.05, 3.63) is 46.0 Å². The summed E-state index contributed by atoms with van der Waals surface area (Å²) in [5.74, 6) is 2.34. The van der Waals surface area contributed by atoms with Crippen molar-refractivity contribution in [2.24, 2.45) is 7.05 Å². The van der Waals surface area contributed by atoms with Gasteiger partial charge in [-0.2, -0.15) is 5.10 Å². The average molecular weight is 331 g/mol. The van der Waals surface area contributed by atoms with Crippen LogP contribution in [0.2, 0.25) is 0 Å². The molecular weight excluding hydrogens is 304 g/mol. The molecule has 0 saturated heterocycles. The predicted octanol–water partition coefficient (Wildman–Crippen LogP) is 4.04. The molecule has 1 saturated carbocycles.